The van der Waals surface area contributed by atoms with Gasteiger partial charge < -0.3 is 5.32 Å². The third kappa shape index (κ3) is 3.94. The van der Waals surface area contributed by atoms with Gasteiger partial charge in [0.1, 0.15) is 11.7 Å². The van der Waals surface area contributed by atoms with Gasteiger partial charge in [-0.15, -0.1) is 0 Å². The molecule has 0 spiro atoms. The number of fused-ring (bicyclic) bond motifs is 1. The van der Waals surface area contributed by atoms with E-state index in [4.69, 9.17) is 0 Å². The van der Waals surface area contributed by atoms with Crippen molar-refractivity contribution in [3.8, 4) is 5.69 Å². The van der Waals surface area contributed by atoms with Crippen molar-refractivity contribution >= 4 is 23.4 Å². The van der Waals surface area contributed by atoms with Crippen LogP contribution in [0.1, 0.15) is 38.8 Å². The van der Waals surface area contributed by atoms with Gasteiger partial charge in [-0.2, -0.15) is 0 Å². The second kappa shape index (κ2) is 8.84. The van der Waals surface area contributed by atoms with Crippen LogP contribution in [0.25, 0.3) is 5.69 Å². The molecule has 0 bridgehead atoms. The average molecular weight is 451 g/mol. The minimum Gasteiger partial charge on any atom is -0.318 e. The first-order chi connectivity index (χ1) is 15.7. The number of allylic oxidation sites excluding steroid dienone is 2. The average Bonchev–Trinajstić information content (AvgIpc) is 3.17. The third-order valence-electron chi connectivity index (χ3n) is 6.65. The maximum absolute atomic E-state index is 13.5. The lowest BCUT2D eigenvalue weighted by molar-refractivity contribution is -0.147. The second-order valence-corrected chi connectivity index (χ2v) is 9.27. The number of benzene rings is 1. The molecule has 1 aliphatic carbocycles. The molecule has 2 aliphatic rings. The highest BCUT2D eigenvalue weighted by Crippen LogP contribution is 2.37. The Morgan fingerprint density at radius 2 is 1.61 bits per heavy atom. The van der Waals surface area contributed by atoms with Crippen molar-refractivity contribution in [2.24, 2.45) is 24.8 Å². The monoisotopic (exact) mass is 450 g/mol. The van der Waals surface area contributed by atoms with Gasteiger partial charge in [0, 0.05) is 7.05 Å². The van der Waals surface area contributed by atoms with Crippen LogP contribution in [0, 0.1) is 24.7 Å². The van der Waals surface area contributed by atoms with Gasteiger partial charge in [0.05, 0.1) is 23.2 Å². The molecular formula is C25H30N4O4. The minimum atomic E-state index is -0.959. The zero-order chi connectivity index (χ0) is 23.9. The van der Waals surface area contributed by atoms with E-state index in [2.05, 4.69) is 5.32 Å². The highest BCUT2D eigenvalue weighted by atomic mass is 16.2. The Morgan fingerprint density at radius 1 is 1.03 bits per heavy atom. The van der Waals surface area contributed by atoms with Gasteiger partial charge in [0.15, 0.2) is 0 Å². The molecule has 2 aromatic rings. The van der Waals surface area contributed by atoms with Crippen LogP contribution in [0.15, 0.2) is 47.3 Å². The fraction of sp³-hybridized carbons (Fsp3) is 0.440. The summed E-state index contributed by atoms with van der Waals surface area (Å²) in [4.78, 5) is 54.1. The zero-order valence-corrected chi connectivity index (χ0v) is 19.4. The number of para-hydroxylation sites is 1. The van der Waals surface area contributed by atoms with Crippen LogP contribution in [0.4, 0.5) is 5.69 Å². The third-order valence-corrected chi connectivity index (χ3v) is 6.65. The number of anilines is 1. The number of aromatic nitrogens is 2. The van der Waals surface area contributed by atoms with Crippen molar-refractivity contribution in [3.05, 3.63) is 58.5 Å². The van der Waals surface area contributed by atoms with Gasteiger partial charge in [0.25, 0.3) is 5.56 Å². The topological polar surface area (TPSA) is 93.4 Å². The van der Waals surface area contributed by atoms with E-state index >= 15 is 0 Å². The summed E-state index contributed by atoms with van der Waals surface area (Å²) in [5, 5.41) is 2.76. The van der Waals surface area contributed by atoms with Crippen LogP contribution >= 0.6 is 0 Å². The summed E-state index contributed by atoms with van der Waals surface area (Å²) in [6, 6.07) is 8.19. The lowest BCUT2D eigenvalue weighted by Gasteiger charge is -2.27. The Kier molecular flexibility index (Phi) is 6.10. The van der Waals surface area contributed by atoms with Crippen molar-refractivity contribution in [2.75, 3.05) is 5.32 Å². The minimum absolute atomic E-state index is 0.0694. The summed E-state index contributed by atoms with van der Waals surface area (Å²) < 4.78 is 3.16. The van der Waals surface area contributed by atoms with Crippen molar-refractivity contribution in [3.63, 3.8) is 0 Å². The number of nitrogens with one attached hydrogen (secondary N) is 1. The second-order valence-electron chi connectivity index (χ2n) is 9.27. The molecular weight excluding hydrogens is 420 g/mol. The number of rotatable bonds is 6. The number of carbonyl (C=O) groups excluding carboxylic acids is 3. The van der Waals surface area contributed by atoms with E-state index in [1.807, 2.05) is 56.3 Å². The normalized spacial score (nSPS) is 20.9. The summed E-state index contributed by atoms with van der Waals surface area (Å²) in [6.07, 6.45) is 5.21. The summed E-state index contributed by atoms with van der Waals surface area (Å²) >= 11 is 0. The molecule has 3 atom stereocenters. The standard InChI is InChI=1S/C25H30N4O4/c1-15(2)14-20(28-23(31)18-12-8-9-13-19(18)24(28)32)22(30)26-21-16(3)27(4)29(25(21)33)17-10-6-5-7-11-17/h5-11,15,18-20H,12-14H2,1-4H3,(H,26,30). The van der Waals surface area contributed by atoms with Crippen LogP contribution in [0.2, 0.25) is 0 Å². The largest absolute Gasteiger partial charge is 0.318 e. The fourth-order valence-electron chi connectivity index (χ4n) is 4.83. The molecule has 3 unspecified atom stereocenters. The van der Waals surface area contributed by atoms with Crippen LogP contribution in [-0.4, -0.2) is 38.0 Å². The van der Waals surface area contributed by atoms with E-state index in [1.54, 1.807) is 18.7 Å². The molecule has 4 rings (SSSR count). The highest BCUT2D eigenvalue weighted by molar-refractivity contribution is 6.10. The molecule has 174 valence electrons. The Labute approximate surface area is 192 Å². The van der Waals surface area contributed by atoms with Crippen molar-refractivity contribution < 1.29 is 14.4 Å². The van der Waals surface area contributed by atoms with E-state index in [1.165, 1.54) is 4.68 Å². The highest BCUT2D eigenvalue weighted by Gasteiger charge is 2.51. The quantitative estimate of drug-likeness (QED) is 0.541. The molecule has 1 fully saturated rings. The number of imide groups is 1. The Morgan fingerprint density at radius 3 is 2.15 bits per heavy atom. The van der Waals surface area contributed by atoms with E-state index in [9.17, 15) is 19.2 Å². The first-order valence-corrected chi connectivity index (χ1v) is 11.4. The van der Waals surface area contributed by atoms with E-state index in [-0.39, 0.29) is 29.0 Å². The van der Waals surface area contributed by atoms with E-state index in [0.717, 1.165) is 4.90 Å². The summed E-state index contributed by atoms with van der Waals surface area (Å²) in [7, 11) is 1.75. The molecule has 33 heavy (non-hydrogen) atoms. The predicted octanol–water partition coefficient (Wildman–Crippen LogP) is 2.79. The molecule has 2 heterocycles. The van der Waals surface area contributed by atoms with Crippen LogP contribution in [0.5, 0.6) is 0 Å². The predicted molar refractivity (Wildman–Crippen MR) is 125 cm³/mol. The van der Waals surface area contributed by atoms with Crippen molar-refractivity contribution in [1.29, 1.82) is 0 Å². The van der Waals surface area contributed by atoms with Gasteiger partial charge in [-0.05, 0) is 44.2 Å². The van der Waals surface area contributed by atoms with Crippen molar-refractivity contribution in [1.82, 2.24) is 14.3 Å². The summed E-state index contributed by atoms with van der Waals surface area (Å²) in [6.45, 7) is 5.63. The maximum Gasteiger partial charge on any atom is 0.295 e. The van der Waals surface area contributed by atoms with Crippen molar-refractivity contribution in [2.45, 2.75) is 46.1 Å². The Hall–Kier alpha value is -3.42. The first kappa shape index (κ1) is 22.8. The fourth-order valence-corrected chi connectivity index (χ4v) is 4.83. The number of hydrogen-bond donors (Lipinski definition) is 1. The van der Waals surface area contributed by atoms with Crippen LogP contribution in [-0.2, 0) is 21.4 Å². The summed E-state index contributed by atoms with van der Waals surface area (Å²) in [5.74, 6) is -1.83. The Bertz CT molecular complexity index is 1150. The number of hydrogen-bond acceptors (Lipinski definition) is 4. The van der Waals surface area contributed by atoms with Gasteiger partial charge in [0.2, 0.25) is 17.7 Å². The van der Waals surface area contributed by atoms with Gasteiger partial charge in [-0.3, -0.25) is 28.8 Å². The zero-order valence-electron chi connectivity index (χ0n) is 19.4. The molecule has 1 aromatic carbocycles. The molecule has 0 saturated carbocycles. The lowest BCUT2D eigenvalue weighted by atomic mass is 9.85. The number of carbonyl (C=O) groups is 3. The molecule has 0 radical (unpaired) electrons. The van der Waals surface area contributed by atoms with E-state index < -0.39 is 23.8 Å². The van der Waals surface area contributed by atoms with Gasteiger partial charge >= 0.3 is 0 Å². The van der Waals surface area contributed by atoms with Crippen LogP contribution < -0.4 is 10.9 Å². The Balaban J connectivity index is 1.67. The lowest BCUT2D eigenvalue weighted by Crippen LogP contribution is -2.48. The number of likely N-dealkylation sites (tertiary alicyclic amines) is 1. The molecule has 1 N–H and O–H groups in total. The van der Waals surface area contributed by atoms with Crippen LogP contribution in [0.3, 0.4) is 0 Å². The molecule has 1 saturated heterocycles. The first-order valence-electron chi connectivity index (χ1n) is 11.4. The number of nitrogens with zero attached hydrogens (tertiary/aromatic N) is 3. The molecule has 3 amide bonds. The molecule has 8 heteroatoms. The molecule has 1 aliphatic heterocycles. The van der Waals surface area contributed by atoms with Gasteiger partial charge in [-0.1, -0.05) is 44.2 Å². The SMILES string of the molecule is Cc1c(NC(=O)C(CC(C)C)N2C(=O)C3CC=CCC3C2=O)c(=O)n(-c2ccccc2)n1C. The molecule has 8 nitrogen and oxygen atoms in total. The molecule has 1 aromatic heterocycles. The maximum atomic E-state index is 13.5. The number of amides is 3. The smallest absolute Gasteiger partial charge is 0.295 e. The van der Waals surface area contributed by atoms with E-state index in [0.29, 0.717) is 30.6 Å². The summed E-state index contributed by atoms with van der Waals surface area (Å²) in [5.41, 5.74) is 1.04. The van der Waals surface area contributed by atoms with Gasteiger partial charge in [-0.25, -0.2) is 4.68 Å².